The van der Waals surface area contributed by atoms with Crippen LogP contribution in [0.15, 0.2) is 42.5 Å². The summed E-state index contributed by atoms with van der Waals surface area (Å²) in [5.74, 6) is 3.30. The average Bonchev–Trinajstić information content (AvgIpc) is 2.93. The fraction of sp³-hybridized carbons (Fsp3) is 0.412. The summed E-state index contributed by atoms with van der Waals surface area (Å²) in [4.78, 5) is 2.52. The van der Waals surface area contributed by atoms with Gasteiger partial charge in [0.2, 0.25) is 0 Å². The van der Waals surface area contributed by atoms with Gasteiger partial charge in [0.05, 0.1) is 6.04 Å². The zero-order chi connectivity index (χ0) is 13.9. The fourth-order valence-corrected chi connectivity index (χ4v) is 4.10. The third kappa shape index (κ3) is 2.79. The summed E-state index contributed by atoms with van der Waals surface area (Å²) in [6.07, 6.45) is 0. The molecule has 3 heteroatoms. The molecule has 1 heterocycles. The van der Waals surface area contributed by atoms with Crippen molar-refractivity contribution in [3.63, 3.8) is 0 Å². The van der Waals surface area contributed by atoms with Gasteiger partial charge >= 0.3 is 0 Å². The van der Waals surface area contributed by atoms with Gasteiger partial charge in [0.15, 0.2) is 0 Å². The van der Waals surface area contributed by atoms with Crippen LogP contribution in [-0.2, 0) is 0 Å². The van der Waals surface area contributed by atoms with E-state index in [2.05, 4.69) is 61.2 Å². The highest BCUT2D eigenvalue weighted by atomic mass is 32.2. The molecule has 0 saturated carbocycles. The molecule has 1 unspecified atom stereocenters. The molecule has 0 radical (unpaired) electrons. The number of hydrogen-bond donors (Lipinski definition) is 0. The standard InChI is InChI=1S/C17H21NOS/c1-13(2)18-12-20-11-15(18)10-19-17-9-5-7-14-6-3-4-8-16(14)17/h3-9,13,15H,10-12H2,1-2H3. The van der Waals surface area contributed by atoms with Crippen LogP contribution in [0.2, 0.25) is 0 Å². The second kappa shape index (κ2) is 6.06. The van der Waals surface area contributed by atoms with Crippen LogP contribution in [0.4, 0.5) is 0 Å². The maximum absolute atomic E-state index is 6.13. The van der Waals surface area contributed by atoms with E-state index in [-0.39, 0.29) is 0 Å². The Balaban J connectivity index is 1.74. The van der Waals surface area contributed by atoms with E-state index in [0.717, 1.165) is 18.2 Å². The van der Waals surface area contributed by atoms with E-state index < -0.39 is 0 Å². The van der Waals surface area contributed by atoms with Crippen LogP contribution >= 0.6 is 11.8 Å². The predicted molar refractivity (Wildman–Crippen MR) is 87.5 cm³/mol. The van der Waals surface area contributed by atoms with Gasteiger partial charge < -0.3 is 4.74 Å². The van der Waals surface area contributed by atoms with Crippen molar-refractivity contribution < 1.29 is 4.74 Å². The van der Waals surface area contributed by atoms with Crippen LogP contribution in [0.5, 0.6) is 5.75 Å². The first kappa shape index (κ1) is 13.8. The number of rotatable bonds is 4. The Labute approximate surface area is 125 Å². The number of fused-ring (bicyclic) bond motifs is 1. The molecule has 0 aliphatic carbocycles. The van der Waals surface area contributed by atoms with Crippen molar-refractivity contribution in [2.75, 3.05) is 18.2 Å². The lowest BCUT2D eigenvalue weighted by Crippen LogP contribution is -2.40. The van der Waals surface area contributed by atoms with Gasteiger partial charge in [-0.2, -0.15) is 0 Å². The predicted octanol–water partition coefficient (Wildman–Crippen LogP) is 4.00. The van der Waals surface area contributed by atoms with Gasteiger partial charge in [-0.15, -0.1) is 11.8 Å². The Bertz CT molecular complexity index is 579. The topological polar surface area (TPSA) is 12.5 Å². The van der Waals surface area contributed by atoms with Crippen LogP contribution in [0.3, 0.4) is 0 Å². The average molecular weight is 287 g/mol. The molecule has 3 rings (SSSR count). The first-order chi connectivity index (χ1) is 9.75. The van der Waals surface area contributed by atoms with Gasteiger partial charge in [-0.05, 0) is 25.3 Å². The molecule has 1 aliphatic rings. The molecule has 1 aliphatic heterocycles. The Morgan fingerprint density at radius 1 is 1.20 bits per heavy atom. The second-order valence-electron chi connectivity index (χ2n) is 5.55. The van der Waals surface area contributed by atoms with Crippen LogP contribution in [0.25, 0.3) is 10.8 Å². The van der Waals surface area contributed by atoms with Crippen molar-refractivity contribution in [3.05, 3.63) is 42.5 Å². The van der Waals surface area contributed by atoms with Crippen molar-refractivity contribution in [2.24, 2.45) is 0 Å². The molecule has 1 saturated heterocycles. The quantitative estimate of drug-likeness (QED) is 0.843. The minimum atomic E-state index is 0.527. The maximum Gasteiger partial charge on any atom is 0.127 e. The van der Waals surface area contributed by atoms with Crippen molar-refractivity contribution in [1.29, 1.82) is 0 Å². The summed E-state index contributed by atoms with van der Waals surface area (Å²) in [6.45, 7) is 5.30. The molecule has 0 aromatic heterocycles. The highest BCUT2D eigenvalue weighted by molar-refractivity contribution is 7.99. The monoisotopic (exact) mass is 287 g/mol. The highest BCUT2D eigenvalue weighted by Gasteiger charge is 2.27. The lowest BCUT2D eigenvalue weighted by molar-refractivity contribution is 0.152. The van der Waals surface area contributed by atoms with E-state index >= 15 is 0 Å². The van der Waals surface area contributed by atoms with E-state index in [1.807, 2.05) is 11.8 Å². The van der Waals surface area contributed by atoms with Crippen molar-refractivity contribution >= 4 is 22.5 Å². The molecule has 1 fully saturated rings. The molecular formula is C17H21NOS. The summed E-state index contributed by atoms with van der Waals surface area (Å²) in [6, 6.07) is 15.8. The van der Waals surface area contributed by atoms with Gasteiger partial charge in [0.1, 0.15) is 12.4 Å². The molecular weight excluding hydrogens is 266 g/mol. The first-order valence-electron chi connectivity index (χ1n) is 7.20. The Morgan fingerprint density at radius 2 is 2.00 bits per heavy atom. The third-order valence-electron chi connectivity index (χ3n) is 3.86. The Kier molecular flexibility index (Phi) is 4.18. The van der Waals surface area contributed by atoms with Crippen LogP contribution in [0.1, 0.15) is 13.8 Å². The van der Waals surface area contributed by atoms with Crippen molar-refractivity contribution in [1.82, 2.24) is 4.90 Å². The van der Waals surface area contributed by atoms with E-state index in [4.69, 9.17) is 4.74 Å². The number of benzene rings is 2. The van der Waals surface area contributed by atoms with Gasteiger partial charge in [-0.3, -0.25) is 4.90 Å². The number of nitrogens with zero attached hydrogens (tertiary/aromatic N) is 1. The minimum absolute atomic E-state index is 0.527. The number of ether oxygens (including phenoxy) is 1. The molecule has 1 atom stereocenters. The maximum atomic E-state index is 6.13. The highest BCUT2D eigenvalue weighted by Crippen LogP contribution is 2.27. The smallest absolute Gasteiger partial charge is 0.127 e. The normalized spacial score (nSPS) is 19.9. The van der Waals surface area contributed by atoms with E-state index in [1.165, 1.54) is 16.5 Å². The molecule has 20 heavy (non-hydrogen) atoms. The Hall–Kier alpha value is -1.19. The van der Waals surface area contributed by atoms with Crippen LogP contribution in [-0.4, -0.2) is 35.2 Å². The zero-order valence-corrected chi connectivity index (χ0v) is 12.9. The first-order valence-corrected chi connectivity index (χ1v) is 8.35. The van der Waals surface area contributed by atoms with Crippen molar-refractivity contribution in [2.45, 2.75) is 25.9 Å². The molecule has 106 valence electrons. The number of hydrogen-bond acceptors (Lipinski definition) is 3. The summed E-state index contributed by atoms with van der Waals surface area (Å²) in [5, 5.41) is 2.45. The molecule has 0 bridgehead atoms. The van der Waals surface area contributed by atoms with E-state index in [9.17, 15) is 0 Å². The Morgan fingerprint density at radius 3 is 2.85 bits per heavy atom. The SMILES string of the molecule is CC(C)N1CSCC1COc1cccc2ccccc12. The molecule has 2 nitrogen and oxygen atoms in total. The fourth-order valence-electron chi connectivity index (χ4n) is 2.72. The lowest BCUT2D eigenvalue weighted by Gasteiger charge is -2.27. The van der Waals surface area contributed by atoms with Gasteiger partial charge in [0.25, 0.3) is 0 Å². The second-order valence-corrected chi connectivity index (χ2v) is 6.55. The van der Waals surface area contributed by atoms with Crippen LogP contribution < -0.4 is 4.74 Å². The van der Waals surface area contributed by atoms with Gasteiger partial charge in [0, 0.05) is 23.1 Å². The molecule has 0 spiro atoms. The molecule has 0 amide bonds. The lowest BCUT2D eigenvalue weighted by atomic mass is 10.1. The molecule has 2 aromatic carbocycles. The summed E-state index contributed by atoms with van der Waals surface area (Å²) >= 11 is 2.00. The van der Waals surface area contributed by atoms with E-state index in [1.54, 1.807) is 0 Å². The summed E-state index contributed by atoms with van der Waals surface area (Å²) in [7, 11) is 0. The van der Waals surface area contributed by atoms with E-state index in [0.29, 0.717) is 12.1 Å². The molecule has 2 aromatic rings. The minimum Gasteiger partial charge on any atom is -0.491 e. The van der Waals surface area contributed by atoms with Crippen LogP contribution in [0, 0.1) is 0 Å². The third-order valence-corrected chi connectivity index (χ3v) is 4.96. The van der Waals surface area contributed by atoms with Gasteiger partial charge in [-0.1, -0.05) is 36.4 Å². The zero-order valence-electron chi connectivity index (χ0n) is 12.1. The largest absolute Gasteiger partial charge is 0.491 e. The molecule has 0 N–H and O–H groups in total. The van der Waals surface area contributed by atoms with Gasteiger partial charge in [-0.25, -0.2) is 0 Å². The van der Waals surface area contributed by atoms with Crippen molar-refractivity contribution in [3.8, 4) is 5.75 Å². The number of thioether (sulfide) groups is 1. The summed E-state index contributed by atoms with van der Waals surface area (Å²) in [5.41, 5.74) is 0. The summed E-state index contributed by atoms with van der Waals surface area (Å²) < 4.78 is 6.13.